The van der Waals surface area contributed by atoms with Crippen molar-refractivity contribution in [3.8, 4) is 0 Å². The number of thiazole rings is 1. The lowest BCUT2D eigenvalue weighted by molar-refractivity contribution is 0.141. The fourth-order valence-electron chi connectivity index (χ4n) is 0.889. The van der Waals surface area contributed by atoms with Crippen LogP contribution in [0.1, 0.15) is 5.01 Å². The molecule has 0 fully saturated rings. The molecular weight excluding hydrogens is 202 g/mol. The summed E-state index contributed by atoms with van der Waals surface area (Å²) in [5, 5.41) is 2.61. The van der Waals surface area contributed by atoms with Gasteiger partial charge in [-0.25, -0.2) is 19.3 Å². The first-order chi connectivity index (χ1) is 6.86. The zero-order valence-electron chi connectivity index (χ0n) is 7.16. The van der Waals surface area contributed by atoms with E-state index in [0.717, 1.165) is 5.01 Å². The van der Waals surface area contributed by atoms with Crippen LogP contribution < -0.4 is 0 Å². The molecule has 2 heterocycles. The molecule has 2 rings (SSSR count). The second kappa shape index (κ2) is 4.01. The highest BCUT2D eigenvalue weighted by molar-refractivity contribution is 7.09. The van der Waals surface area contributed by atoms with Crippen molar-refractivity contribution >= 4 is 17.4 Å². The fourth-order valence-corrected chi connectivity index (χ4v) is 1.42. The predicted octanol–water partition coefficient (Wildman–Crippen LogP) is 1.52. The molecule has 0 saturated carbocycles. The van der Waals surface area contributed by atoms with E-state index in [2.05, 4.69) is 9.97 Å². The van der Waals surface area contributed by atoms with Gasteiger partial charge in [-0.2, -0.15) is 0 Å². The van der Waals surface area contributed by atoms with Crippen molar-refractivity contribution in [2.45, 2.75) is 6.61 Å². The van der Waals surface area contributed by atoms with Gasteiger partial charge >= 0.3 is 6.09 Å². The molecule has 0 aliphatic carbocycles. The monoisotopic (exact) mass is 209 g/mol. The van der Waals surface area contributed by atoms with Gasteiger partial charge in [0.05, 0.1) is 0 Å². The summed E-state index contributed by atoms with van der Waals surface area (Å²) < 4.78 is 6.23. The molecule has 0 aromatic carbocycles. The minimum absolute atomic E-state index is 0.203. The van der Waals surface area contributed by atoms with Crippen LogP contribution >= 0.6 is 11.3 Å². The van der Waals surface area contributed by atoms with Crippen molar-refractivity contribution in [2.24, 2.45) is 0 Å². The molecule has 0 saturated heterocycles. The average molecular weight is 209 g/mol. The number of hydrogen-bond acceptors (Lipinski definition) is 5. The van der Waals surface area contributed by atoms with E-state index in [-0.39, 0.29) is 6.61 Å². The molecule has 0 amide bonds. The minimum atomic E-state index is -0.447. The number of carbonyl (C=O) groups is 1. The van der Waals surface area contributed by atoms with Crippen LogP contribution in [0.4, 0.5) is 4.79 Å². The molecule has 6 heteroatoms. The highest BCUT2D eigenvalue weighted by atomic mass is 32.1. The number of ether oxygens (including phenoxy) is 1. The molecule has 72 valence electrons. The van der Waals surface area contributed by atoms with Gasteiger partial charge in [0.2, 0.25) is 0 Å². The summed E-state index contributed by atoms with van der Waals surface area (Å²) in [7, 11) is 0. The summed E-state index contributed by atoms with van der Waals surface area (Å²) in [6.07, 6.45) is 5.67. The van der Waals surface area contributed by atoms with Crippen LogP contribution in [0.3, 0.4) is 0 Å². The Hall–Kier alpha value is -1.69. The van der Waals surface area contributed by atoms with Gasteiger partial charge in [-0.1, -0.05) is 0 Å². The molecule has 5 nitrogen and oxygen atoms in total. The first-order valence-electron chi connectivity index (χ1n) is 3.90. The average Bonchev–Trinajstić information content (AvgIpc) is 2.87. The third-order valence-corrected chi connectivity index (χ3v) is 2.27. The topological polar surface area (TPSA) is 57.0 Å². The normalized spacial score (nSPS) is 10.0. The number of carbonyl (C=O) groups excluding carboxylic acids is 1. The van der Waals surface area contributed by atoms with Crippen LogP contribution in [0.25, 0.3) is 0 Å². The number of imidazole rings is 1. The molecule has 0 atom stereocenters. The fraction of sp³-hybridized carbons (Fsp3) is 0.125. The highest BCUT2D eigenvalue weighted by Crippen LogP contribution is 2.05. The maximum absolute atomic E-state index is 11.3. The van der Waals surface area contributed by atoms with Crippen LogP contribution in [0, 0.1) is 0 Å². The molecule has 2 aromatic rings. The van der Waals surface area contributed by atoms with E-state index < -0.39 is 6.09 Å². The van der Waals surface area contributed by atoms with Gasteiger partial charge in [0, 0.05) is 24.0 Å². The summed E-state index contributed by atoms with van der Waals surface area (Å²) in [6.45, 7) is 0.203. The number of hydrogen-bond donors (Lipinski definition) is 0. The third kappa shape index (κ3) is 1.97. The van der Waals surface area contributed by atoms with Gasteiger partial charge in [0.15, 0.2) is 0 Å². The molecule has 0 radical (unpaired) electrons. The van der Waals surface area contributed by atoms with Gasteiger partial charge in [0.25, 0.3) is 0 Å². The van der Waals surface area contributed by atoms with E-state index in [0.29, 0.717) is 0 Å². The third-order valence-electron chi connectivity index (χ3n) is 1.52. The van der Waals surface area contributed by atoms with E-state index in [1.165, 1.54) is 34.6 Å². The first kappa shape index (κ1) is 8.89. The summed E-state index contributed by atoms with van der Waals surface area (Å²) in [4.78, 5) is 19.0. The quantitative estimate of drug-likeness (QED) is 0.752. The van der Waals surface area contributed by atoms with Gasteiger partial charge in [0.1, 0.15) is 17.9 Å². The SMILES string of the molecule is O=C(OCc1nccs1)n1ccnc1. The Morgan fingerprint density at radius 3 is 3.14 bits per heavy atom. The molecule has 0 unspecified atom stereocenters. The molecule has 0 spiro atoms. The lowest BCUT2D eigenvalue weighted by atomic mass is 10.7. The molecule has 14 heavy (non-hydrogen) atoms. The molecule has 0 aliphatic rings. The zero-order valence-corrected chi connectivity index (χ0v) is 7.98. The maximum atomic E-state index is 11.3. The van der Waals surface area contributed by atoms with E-state index in [1.54, 1.807) is 6.20 Å². The lowest BCUT2D eigenvalue weighted by Gasteiger charge is -2.01. The summed E-state index contributed by atoms with van der Waals surface area (Å²) in [5.74, 6) is 0. The minimum Gasteiger partial charge on any atom is -0.441 e. The van der Waals surface area contributed by atoms with Gasteiger partial charge in [-0.15, -0.1) is 11.3 Å². The smallest absolute Gasteiger partial charge is 0.419 e. The van der Waals surface area contributed by atoms with E-state index >= 15 is 0 Å². The Labute approximate surface area is 84.0 Å². The lowest BCUT2D eigenvalue weighted by Crippen LogP contribution is -2.11. The van der Waals surface area contributed by atoms with Crippen molar-refractivity contribution < 1.29 is 9.53 Å². The van der Waals surface area contributed by atoms with Crippen molar-refractivity contribution in [2.75, 3.05) is 0 Å². The Morgan fingerprint density at radius 1 is 1.57 bits per heavy atom. The van der Waals surface area contributed by atoms with Crippen LogP contribution in [0.5, 0.6) is 0 Å². The summed E-state index contributed by atoms with van der Waals surface area (Å²) >= 11 is 1.45. The van der Waals surface area contributed by atoms with Gasteiger partial charge in [-0.05, 0) is 0 Å². The van der Waals surface area contributed by atoms with Crippen LogP contribution in [0.2, 0.25) is 0 Å². The second-order valence-corrected chi connectivity index (χ2v) is 3.43. The van der Waals surface area contributed by atoms with Crippen LogP contribution in [-0.2, 0) is 11.3 Å². The first-order valence-corrected chi connectivity index (χ1v) is 4.77. The Morgan fingerprint density at radius 2 is 2.50 bits per heavy atom. The predicted molar refractivity (Wildman–Crippen MR) is 49.9 cm³/mol. The van der Waals surface area contributed by atoms with Gasteiger partial charge in [-0.3, -0.25) is 0 Å². The largest absolute Gasteiger partial charge is 0.441 e. The molecule has 2 aromatic heterocycles. The van der Waals surface area contributed by atoms with Crippen molar-refractivity contribution in [3.63, 3.8) is 0 Å². The Bertz CT molecular complexity index is 396. The molecular formula is C8H7N3O2S. The van der Waals surface area contributed by atoms with Crippen LogP contribution in [0.15, 0.2) is 30.3 Å². The Kier molecular flexibility index (Phi) is 2.55. The van der Waals surface area contributed by atoms with E-state index in [9.17, 15) is 4.79 Å². The summed E-state index contributed by atoms with van der Waals surface area (Å²) in [5.41, 5.74) is 0. The van der Waals surface area contributed by atoms with Crippen molar-refractivity contribution in [1.82, 2.24) is 14.5 Å². The van der Waals surface area contributed by atoms with E-state index in [1.807, 2.05) is 5.38 Å². The van der Waals surface area contributed by atoms with Crippen molar-refractivity contribution in [1.29, 1.82) is 0 Å². The Balaban J connectivity index is 1.90. The van der Waals surface area contributed by atoms with Gasteiger partial charge < -0.3 is 4.74 Å². The van der Waals surface area contributed by atoms with Crippen molar-refractivity contribution in [3.05, 3.63) is 35.3 Å². The van der Waals surface area contributed by atoms with E-state index in [4.69, 9.17) is 4.74 Å². The molecule has 0 bridgehead atoms. The highest BCUT2D eigenvalue weighted by Gasteiger charge is 2.05. The maximum Gasteiger partial charge on any atom is 0.419 e. The molecule has 0 N–H and O–H groups in total. The summed E-state index contributed by atoms with van der Waals surface area (Å²) in [6, 6.07) is 0. The number of rotatable bonds is 2. The zero-order chi connectivity index (χ0) is 9.80. The molecule has 0 aliphatic heterocycles. The van der Waals surface area contributed by atoms with Crippen LogP contribution in [-0.4, -0.2) is 20.6 Å². The number of nitrogens with zero attached hydrogens (tertiary/aromatic N) is 3. The number of aromatic nitrogens is 3. The second-order valence-electron chi connectivity index (χ2n) is 2.45. The standard InChI is InChI=1S/C8H7N3O2S/c12-8(11-3-1-9-6-11)13-5-7-10-2-4-14-7/h1-4,6H,5H2.